The molecular formula is C27H21N3. The van der Waals surface area contributed by atoms with E-state index in [2.05, 4.69) is 66.8 Å². The zero-order chi connectivity index (χ0) is 20.2. The average Bonchev–Trinajstić information content (AvgIpc) is 2.85. The fourth-order valence-electron chi connectivity index (χ4n) is 3.57. The quantitative estimate of drug-likeness (QED) is 0.396. The summed E-state index contributed by atoms with van der Waals surface area (Å²) in [5.41, 5.74) is 5.40. The summed E-state index contributed by atoms with van der Waals surface area (Å²) in [4.78, 5) is 14.4. The van der Waals surface area contributed by atoms with Crippen LogP contribution in [0.4, 0.5) is 0 Å². The largest absolute Gasteiger partial charge is 0.208 e. The Bertz CT molecular complexity index is 1210. The van der Waals surface area contributed by atoms with Gasteiger partial charge in [-0.3, -0.25) is 0 Å². The molecule has 1 aliphatic rings. The van der Waals surface area contributed by atoms with E-state index < -0.39 is 0 Å². The molecule has 30 heavy (non-hydrogen) atoms. The van der Waals surface area contributed by atoms with Crippen molar-refractivity contribution in [1.82, 2.24) is 15.0 Å². The first-order chi connectivity index (χ1) is 14.9. The highest BCUT2D eigenvalue weighted by Gasteiger charge is 2.13. The van der Waals surface area contributed by atoms with E-state index in [1.165, 1.54) is 11.1 Å². The Morgan fingerprint density at radius 2 is 0.967 bits per heavy atom. The van der Waals surface area contributed by atoms with E-state index in [1.54, 1.807) is 0 Å². The third-order valence-corrected chi connectivity index (χ3v) is 5.17. The Balaban J connectivity index is 1.58. The van der Waals surface area contributed by atoms with Crippen molar-refractivity contribution >= 4 is 5.57 Å². The van der Waals surface area contributed by atoms with Gasteiger partial charge in [-0.1, -0.05) is 103 Å². The highest BCUT2D eigenvalue weighted by molar-refractivity contribution is 5.74. The highest BCUT2D eigenvalue weighted by Crippen LogP contribution is 2.27. The zero-order valence-corrected chi connectivity index (χ0v) is 16.6. The minimum Gasteiger partial charge on any atom is -0.208 e. The first-order valence-electron chi connectivity index (χ1n) is 10.2. The number of rotatable bonds is 4. The van der Waals surface area contributed by atoms with Crippen molar-refractivity contribution in [3.05, 3.63) is 109 Å². The number of hydrogen-bond donors (Lipinski definition) is 0. The topological polar surface area (TPSA) is 38.7 Å². The molecule has 0 fully saturated rings. The third kappa shape index (κ3) is 3.83. The summed E-state index contributed by atoms with van der Waals surface area (Å²) in [5.74, 6) is 2.11. The Morgan fingerprint density at radius 1 is 0.467 bits per heavy atom. The van der Waals surface area contributed by atoms with E-state index in [0.717, 1.165) is 35.4 Å². The van der Waals surface area contributed by atoms with Crippen molar-refractivity contribution in [2.24, 2.45) is 0 Å². The predicted molar refractivity (Wildman–Crippen MR) is 122 cm³/mol. The fourth-order valence-corrected chi connectivity index (χ4v) is 3.57. The lowest BCUT2D eigenvalue weighted by Crippen LogP contribution is -2.03. The van der Waals surface area contributed by atoms with Crippen LogP contribution in [0.25, 0.3) is 39.5 Å². The van der Waals surface area contributed by atoms with Crippen LogP contribution in [0.3, 0.4) is 0 Å². The first-order valence-corrected chi connectivity index (χ1v) is 10.2. The maximum absolute atomic E-state index is 4.81. The molecule has 0 saturated carbocycles. The van der Waals surface area contributed by atoms with Crippen LogP contribution >= 0.6 is 0 Å². The monoisotopic (exact) mass is 387 g/mol. The maximum Gasteiger partial charge on any atom is 0.164 e. The molecule has 0 bridgehead atoms. The third-order valence-electron chi connectivity index (χ3n) is 5.17. The molecule has 5 rings (SSSR count). The lowest BCUT2D eigenvalue weighted by molar-refractivity contribution is 1.01. The lowest BCUT2D eigenvalue weighted by atomic mass is 10.0. The van der Waals surface area contributed by atoms with Gasteiger partial charge in [-0.15, -0.1) is 0 Å². The van der Waals surface area contributed by atoms with Gasteiger partial charge in [-0.25, -0.2) is 15.0 Å². The average molecular weight is 387 g/mol. The molecule has 3 aromatic carbocycles. The molecule has 1 heterocycles. The van der Waals surface area contributed by atoms with Gasteiger partial charge in [-0.05, 0) is 24.0 Å². The molecule has 0 N–H and O–H groups in total. The number of benzene rings is 3. The van der Waals surface area contributed by atoms with Crippen LogP contribution in [0.5, 0.6) is 0 Å². The van der Waals surface area contributed by atoms with Gasteiger partial charge in [0, 0.05) is 16.7 Å². The molecule has 4 aromatic rings. The minimum atomic E-state index is 0.693. The van der Waals surface area contributed by atoms with Crippen LogP contribution in [-0.2, 0) is 0 Å². The summed E-state index contributed by atoms with van der Waals surface area (Å²) in [6.07, 6.45) is 8.56. The summed E-state index contributed by atoms with van der Waals surface area (Å²) in [6, 6.07) is 28.9. The van der Waals surface area contributed by atoms with Crippen LogP contribution in [0, 0.1) is 0 Å². The van der Waals surface area contributed by atoms with Crippen molar-refractivity contribution in [3.8, 4) is 33.9 Å². The molecule has 1 aliphatic carbocycles. The standard InChI is InChI=1S/C27H21N3/c1-4-10-20(11-5-1)21-16-18-24(19-17-21)27-29-25(22-12-6-2-7-13-22)28-26(30-27)23-14-8-3-9-15-23/h1-2,4-8,10-19H,3,9H2. The molecular weight excluding hydrogens is 366 g/mol. The molecule has 0 spiro atoms. The van der Waals surface area contributed by atoms with Gasteiger partial charge in [0.2, 0.25) is 0 Å². The molecule has 0 aliphatic heterocycles. The van der Waals surface area contributed by atoms with Crippen LogP contribution in [0.15, 0.2) is 103 Å². The molecule has 144 valence electrons. The Morgan fingerprint density at radius 3 is 1.57 bits per heavy atom. The Kier molecular flexibility index (Phi) is 5.01. The van der Waals surface area contributed by atoms with Crippen LogP contribution < -0.4 is 0 Å². The van der Waals surface area contributed by atoms with Gasteiger partial charge in [0.05, 0.1) is 0 Å². The van der Waals surface area contributed by atoms with E-state index in [-0.39, 0.29) is 0 Å². The second kappa shape index (κ2) is 8.26. The molecule has 0 unspecified atom stereocenters. The SMILES string of the molecule is C1=CC(c2nc(-c3ccccc3)nc(-c3ccc(-c4ccccc4)cc3)n2)=CCC1. The van der Waals surface area contributed by atoms with E-state index in [0.29, 0.717) is 11.6 Å². The van der Waals surface area contributed by atoms with E-state index in [4.69, 9.17) is 15.0 Å². The van der Waals surface area contributed by atoms with Gasteiger partial charge < -0.3 is 0 Å². The summed E-state index contributed by atoms with van der Waals surface area (Å²) < 4.78 is 0. The van der Waals surface area contributed by atoms with E-state index >= 15 is 0 Å². The second-order valence-corrected chi connectivity index (χ2v) is 7.25. The summed E-state index contributed by atoms with van der Waals surface area (Å²) in [5, 5.41) is 0. The zero-order valence-electron chi connectivity index (χ0n) is 16.6. The van der Waals surface area contributed by atoms with Gasteiger partial charge >= 0.3 is 0 Å². The van der Waals surface area contributed by atoms with Crippen LogP contribution in [0.2, 0.25) is 0 Å². The van der Waals surface area contributed by atoms with Crippen molar-refractivity contribution < 1.29 is 0 Å². The molecule has 0 saturated heterocycles. The van der Waals surface area contributed by atoms with E-state index in [1.807, 2.05) is 36.4 Å². The number of hydrogen-bond acceptors (Lipinski definition) is 3. The van der Waals surface area contributed by atoms with Crippen LogP contribution in [-0.4, -0.2) is 15.0 Å². The number of allylic oxidation sites excluding steroid dienone is 4. The molecule has 3 nitrogen and oxygen atoms in total. The highest BCUT2D eigenvalue weighted by atomic mass is 15.0. The molecule has 0 atom stereocenters. The van der Waals surface area contributed by atoms with Crippen molar-refractivity contribution in [2.45, 2.75) is 12.8 Å². The molecule has 0 radical (unpaired) electrons. The summed E-state index contributed by atoms with van der Waals surface area (Å²) in [7, 11) is 0. The molecule has 0 amide bonds. The normalized spacial score (nSPS) is 13.1. The van der Waals surface area contributed by atoms with Crippen LogP contribution in [0.1, 0.15) is 18.7 Å². The summed E-state index contributed by atoms with van der Waals surface area (Å²) in [6.45, 7) is 0. The molecule has 1 aromatic heterocycles. The molecule has 3 heteroatoms. The lowest BCUT2D eigenvalue weighted by Gasteiger charge is -2.11. The van der Waals surface area contributed by atoms with Crippen molar-refractivity contribution in [2.75, 3.05) is 0 Å². The number of aromatic nitrogens is 3. The fraction of sp³-hybridized carbons (Fsp3) is 0.0741. The van der Waals surface area contributed by atoms with Gasteiger partial charge in [0.25, 0.3) is 0 Å². The maximum atomic E-state index is 4.81. The Labute approximate surface area is 176 Å². The van der Waals surface area contributed by atoms with Gasteiger partial charge in [-0.2, -0.15) is 0 Å². The van der Waals surface area contributed by atoms with Crippen molar-refractivity contribution in [1.29, 1.82) is 0 Å². The second-order valence-electron chi connectivity index (χ2n) is 7.25. The van der Waals surface area contributed by atoms with Gasteiger partial charge in [0.15, 0.2) is 17.5 Å². The van der Waals surface area contributed by atoms with E-state index in [9.17, 15) is 0 Å². The summed E-state index contributed by atoms with van der Waals surface area (Å²) >= 11 is 0. The smallest absolute Gasteiger partial charge is 0.164 e. The first kappa shape index (κ1) is 18.2. The predicted octanol–water partition coefficient (Wildman–Crippen LogP) is 6.61. The number of nitrogens with zero attached hydrogens (tertiary/aromatic N) is 3. The minimum absolute atomic E-state index is 0.693. The Hall–Kier alpha value is -3.85. The van der Waals surface area contributed by atoms with Crippen molar-refractivity contribution in [3.63, 3.8) is 0 Å². The van der Waals surface area contributed by atoms with Gasteiger partial charge in [0.1, 0.15) is 0 Å².